The van der Waals surface area contributed by atoms with Crippen LogP contribution in [0.15, 0.2) is 18.2 Å². The van der Waals surface area contributed by atoms with Crippen molar-refractivity contribution >= 4 is 0 Å². The number of halogens is 1. The molecule has 0 bridgehead atoms. The van der Waals surface area contributed by atoms with Gasteiger partial charge in [0.1, 0.15) is 5.82 Å². The van der Waals surface area contributed by atoms with Gasteiger partial charge in [0.15, 0.2) is 0 Å². The fourth-order valence-electron chi connectivity index (χ4n) is 1.97. The van der Waals surface area contributed by atoms with Gasteiger partial charge in [-0.3, -0.25) is 0 Å². The maximum Gasteiger partial charge on any atom is 0.123 e. The normalized spacial score (nSPS) is 12.6. The van der Waals surface area contributed by atoms with Crippen LogP contribution in [0.4, 0.5) is 4.39 Å². The fraction of sp³-hybridized carbons (Fsp3) is 0.600. The average molecular weight is 269 g/mol. The lowest BCUT2D eigenvalue weighted by molar-refractivity contribution is 0.0589. The van der Waals surface area contributed by atoms with Gasteiger partial charge in [-0.2, -0.15) is 0 Å². The standard InChI is InChI=1S/C15H24FNO2/c1-4-17-15(11-19-8-7-18-3)10-13-9-14(16)6-5-12(13)2/h5-6,9,15,17H,4,7-8,10-11H2,1-3H3. The van der Waals surface area contributed by atoms with E-state index < -0.39 is 0 Å². The van der Waals surface area contributed by atoms with Crippen LogP contribution < -0.4 is 5.32 Å². The summed E-state index contributed by atoms with van der Waals surface area (Å²) in [6.45, 7) is 6.71. The minimum atomic E-state index is -0.184. The van der Waals surface area contributed by atoms with Crippen LogP contribution in [0.2, 0.25) is 0 Å². The SMILES string of the molecule is CCNC(COCCOC)Cc1cc(F)ccc1C. The summed E-state index contributed by atoms with van der Waals surface area (Å²) in [5, 5.41) is 3.37. The zero-order valence-corrected chi connectivity index (χ0v) is 12.0. The van der Waals surface area contributed by atoms with Gasteiger partial charge in [-0.05, 0) is 43.1 Å². The first-order valence-corrected chi connectivity index (χ1v) is 6.72. The Kier molecular flexibility index (Phi) is 7.63. The fourth-order valence-corrected chi connectivity index (χ4v) is 1.97. The summed E-state index contributed by atoms with van der Waals surface area (Å²) >= 11 is 0. The van der Waals surface area contributed by atoms with E-state index in [1.165, 1.54) is 6.07 Å². The summed E-state index contributed by atoms with van der Waals surface area (Å²) in [6.07, 6.45) is 0.768. The van der Waals surface area contributed by atoms with Gasteiger partial charge < -0.3 is 14.8 Å². The van der Waals surface area contributed by atoms with Crippen LogP contribution >= 0.6 is 0 Å². The summed E-state index contributed by atoms with van der Waals surface area (Å²) in [4.78, 5) is 0. The Morgan fingerprint density at radius 1 is 1.32 bits per heavy atom. The van der Waals surface area contributed by atoms with Crippen molar-refractivity contribution in [1.82, 2.24) is 5.32 Å². The van der Waals surface area contributed by atoms with Crippen LogP contribution in [0.5, 0.6) is 0 Å². The van der Waals surface area contributed by atoms with Crippen molar-refractivity contribution in [3.63, 3.8) is 0 Å². The van der Waals surface area contributed by atoms with Crippen molar-refractivity contribution in [2.45, 2.75) is 26.3 Å². The third kappa shape index (κ3) is 6.14. The van der Waals surface area contributed by atoms with E-state index >= 15 is 0 Å². The number of hydrogen-bond donors (Lipinski definition) is 1. The molecule has 1 aromatic rings. The Balaban J connectivity index is 2.54. The van der Waals surface area contributed by atoms with E-state index in [1.807, 2.05) is 13.0 Å². The lowest BCUT2D eigenvalue weighted by Crippen LogP contribution is -2.36. The monoisotopic (exact) mass is 269 g/mol. The largest absolute Gasteiger partial charge is 0.382 e. The van der Waals surface area contributed by atoms with Gasteiger partial charge in [0, 0.05) is 13.2 Å². The molecule has 0 heterocycles. The van der Waals surface area contributed by atoms with Gasteiger partial charge in [-0.25, -0.2) is 4.39 Å². The highest BCUT2D eigenvalue weighted by Gasteiger charge is 2.11. The third-order valence-corrected chi connectivity index (χ3v) is 3.02. The number of ether oxygens (including phenoxy) is 2. The lowest BCUT2D eigenvalue weighted by atomic mass is 10.0. The number of aryl methyl sites for hydroxylation is 1. The van der Waals surface area contributed by atoms with E-state index in [9.17, 15) is 4.39 Å². The number of hydrogen-bond acceptors (Lipinski definition) is 3. The van der Waals surface area contributed by atoms with Gasteiger partial charge in [0.05, 0.1) is 19.8 Å². The highest BCUT2D eigenvalue weighted by Crippen LogP contribution is 2.12. The molecule has 0 saturated heterocycles. The van der Waals surface area contributed by atoms with Gasteiger partial charge >= 0.3 is 0 Å². The molecule has 0 aliphatic heterocycles. The maximum atomic E-state index is 13.3. The quantitative estimate of drug-likeness (QED) is 0.698. The minimum absolute atomic E-state index is 0.184. The van der Waals surface area contributed by atoms with Crippen molar-refractivity contribution in [2.75, 3.05) is 33.5 Å². The molecule has 0 aliphatic carbocycles. The first-order chi connectivity index (χ1) is 9.17. The molecule has 0 aromatic heterocycles. The van der Waals surface area contributed by atoms with Crippen LogP contribution in [-0.4, -0.2) is 39.5 Å². The van der Waals surface area contributed by atoms with Crippen LogP contribution in [-0.2, 0) is 15.9 Å². The molecule has 1 atom stereocenters. The molecule has 108 valence electrons. The second-order valence-electron chi connectivity index (χ2n) is 4.60. The summed E-state index contributed by atoms with van der Waals surface area (Å²) in [5.41, 5.74) is 2.14. The van der Waals surface area contributed by atoms with Crippen LogP contribution in [0, 0.1) is 12.7 Å². The highest BCUT2D eigenvalue weighted by atomic mass is 19.1. The Labute approximate surface area is 115 Å². The zero-order valence-electron chi connectivity index (χ0n) is 12.0. The first kappa shape index (κ1) is 16.1. The van der Waals surface area contributed by atoms with Crippen LogP contribution in [0.1, 0.15) is 18.1 Å². The number of likely N-dealkylation sites (N-methyl/N-ethyl adjacent to an activating group) is 1. The predicted octanol–water partition coefficient (Wildman–Crippen LogP) is 2.32. The smallest absolute Gasteiger partial charge is 0.123 e. The number of methoxy groups -OCH3 is 1. The maximum absolute atomic E-state index is 13.3. The molecule has 0 radical (unpaired) electrons. The Bertz CT molecular complexity index is 371. The molecule has 1 N–H and O–H groups in total. The zero-order chi connectivity index (χ0) is 14.1. The minimum Gasteiger partial charge on any atom is -0.382 e. The molecule has 0 aliphatic rings. The molecule has 1 unspecified atom stereocenters. The second-order valence-corrected chi connectivity index (χ2v) is 4.60. The number of rotatable bonds is 9. The Morgan fingerprint density at radius 2 is 2.11 bits per heavy atom. The van der Waals surface area contributed by atoms with Crippen molar-refractivity contribution in [3.05, 3.63) is 35.1 Å². The predicted molar refractivity (Wildman–Crippen MR) is 75.0 cm³/mol. The Morgan fingerprint density at radius 3 is 2.79 bits per heavy atom. The van der Waals surface area contributed by atoms with E-state index in [1.54, 1.807) is 13.2 Å². The molecule has 3 nitrogen and oxygen atoms in total. The molecule has 0 spiro atoms. The summed E-state index contributed by atoms with van der Waals surface area (Å²) in [5.74, 6) is -0.184. The molecular formula is C15H24FNO2. The second kappa shape index (κ2) is 9.02. The highest BCUT2D eigenvalue weighted by molar-refractivity contribution is 5.27. The molecule has 19 heavy (non-hydrogen) atoms. The van der Waals surface area contributed by atoms with Gasteiger partial charge in [0.25, 0.3) is 0 Å². The van der Waals surface area contributed by atoms with Crippen molar-refractivity contribution in [1.29, 1.82) is 0 Å². The van der Waals surface area contributed by atoms with E-state index in [-0.39, 0.29) is 11.9 Å². The van der Waals surface area contributed by atoms with Gasteiger partial charge in [-0.1, -0.05) is 13.0 Å². The van der Waals surface area contributed by atoms with Crippen molar-refractivity contribution in [2.24, 2.45) is 0 Å². The molecule has 4 heteroatoms. The third-order valence-electron chi connectivity index (χ3n) is 3.02. The first-order valence-electron chi connectivity index (χ1n) is 6.72. The lowest BCUT2D eigenvalue weighted by Gasteiger charge is -2.19. The average Bonchev–Trinajstić information content (AvgIpc) is 2.39. The van der Waals surface area contributed by atoms with Crippen molar-refractivity contribution in [3.8, 4) is 0 Å². The molecular weight excluding hydrogens is 245 g/mol. The van der Waals surface area contributed by atoms with Gasteiger partial charge in [-0.15, -0.1) is 0 Å². The topological polar surface area (TPSA) is 30.5 Å². The van der Waals surface area contributed by atoms with Crippen LogP contribution in [0.25, 0.3) is 0 Å². The van der Waals surface area contributed by atoms with E-state index in [0.29, 0.717) is 19.8 Å². The summed E-state index contributed by atoms with van der Waals surface area (Å²) in [7, 11) is 1.65. The molecule has 1 rings (SSSR count). The summed E-state index contributed by atoms with van der Waals surface area (Å²) < 4.78 is 23.8. The Hall–Kier alpha value is -0.970. The van der Waals surface area contributed by atoms with E-state index in [2.05, 4.69) is 12.2 Å². The number of benzene rings is 1. The van der Waals surface area contributed by atoms with Gasteiger partial charge in [0.2, 0.25) is 0 Å². The number of nitrogens with one attached hydrogen (secondary N) is 1. The van der Waals surface area contributed by atoms with E-state index in [4.69, 9.17) is 9.47 Å². The molecule has 0 fully saturated rings. The molecule has 0 amide bonds. The molecule has 1 aromatic carbocycles. The van der Waals surface area contributed by atoms with Crippen molar-refractivity contribution < 1.29 is 13.9 Å². The van der Waals surface area contributed by atoms with E-state index in [0.717, 1.165) is 24.1 Å². The summed E-state index contributed by atoms with van der Waals surface area (Å²) in [6, 6.07) is 5.12. The van der Waals surface area contributed by atoms with Crippen LogP contribution in [0.3, 0.4) is 0 Å². The molecule has 0 saturated carbocycles.